The molecule has 0 bridgehead atoms. The number of hydrogen-bond donors (Lipinski definition) is 2. The molecule has 0 aromatic carbocycles. The first-order valence-corrected chi connectivity index (χ1v) is 6.09. The van der Waals surface area contributed by atoms with Gasteiger partial charge in [0, 0.05) is 24.8 Å². The van der Waals surface area contributed by atoms with Crippen LogP contribution < -0.4 is 0 Å². The molecule has 0 aromatic heterocycles. The summed E-state index contributed by atoms with van der Waals surface area (Å²) in [6.07, 6.45) is 5.51. The second-order valence-corrected chi connectivity index (χ2v) is 4.30. The van der Waals surface area contributed by atoms with E-state index < -0.39 is 17.9 Å². The van der Waals surface area contributed by atoms with Gasteiger partial charge >= 0.3 is 11.9 Å². The molecule has 1 atom stereocenters. The number of carboxylic acids is 2. The molecule has 1 rings (SSSR count). The van der Waals surface area contributed by atoms with Crippen LogP contribution >= 0.6 is 0 Å². The third-order valence-electron chi connectivity index (χ3n) is 2.84. The molecule has 2 amide bonds. The quantitative estimate of drug-likeness (QED) is 0.379. The second-order valence-electron chi connectivity index (χ2n) is 4.30. The van der Waals surface area contributed by atoms with Gasteiger partial charge in [-0.3, -0.25) is 19.3 Å². The van der Waals surface area contributed by atoms with Gasteiger partial charge in [0.1, 0.15) is 0 Å². The van der Waals surface area contributed by atoms with Crippen LogP contribution in [0, 0.1) is 5.92 Å². The summed E-state index contributed by atoms with van der Waals surface area (Å²) in [4.78, 5) is 44.8. The first-order valence-electron chi connectivity index (χ1n) is 6.09. The van der Waals surface area contributed by atoms with Crippen molar-refractivity contribution in [2.24, 2.45) is 5.92 Å². The van der Waals surface area contributed by atoms with Gasteiger partial charge in [0.15, 0.2) is 0 Å². The van der Waals surface area contributed by atoms with Gasteiger partial charge in [-0.25, -0.2) is 4.79 Å². The molecule has 0 fully saturated rings. The Morgan fingerprint density at radius 2 is 1.75 bits per heavy atom. The average Bonchev–Trinajstić information content (AvgIpc) is 2.68. The maximum Gasteiger partial charge on any atom is 0.328 e. The molecule has 1 heterocycles. The van der Waals surface area contributed by atoms with Gasteiger partial charge in [0.2, 0.25) is 0 Å². The van der Waals surface area contributed by atoms with Crippen LogP contribution in [0.2, 0.25) is 0 Å². The van der Waals surface area contributed by atoms with E-state index in [1.165, 1.54) is 12.2 Å². The largest absolute Gasteiger partial charge is 0.481 e. The number of amides is 2. The third-order valence-corrected chi connectivity index (χ3v) is 2.84. The molecule has 7 nitrogen and oxygen atoms in total. The van der Waals surface area contributed by atoms with Crippen molar-refractivity contribution in [3.8, 4) is 0 Å². The number of carbonyl (C=O) groups is 4. The van der Waals surface area contributed by atoms with Crippen molar-refractivity contribution >= 4 is 23.8 Å². The van der Waals surface area contributed by atoms with E-state index in [4.69, 9.17) is 10.2 Å². The standard InChI is InChI=1S/C13H15NO6/c15-10-5-6-11(16)14(10)8-2-1-3-9(13(19)20)4-7-12(17)18/h4-7,9H,1-3,8H2,(H,17,18)(H,19,20). The highest BCUT2D eigenvalue weighted by molar-refractivity contribution is 6.12. The van der Waals surface area contributed by atoms with Gasteiger partial charge in [-0.2, -0.15) is 0 Å². The first kappa shape index (κ1) is 15.6. The Bertz CT molecular complexity index is 461. The van der Waals surface area contributed by atoms with E-state index in [0.717, 1.165) is 17.1 Å². The molecule has 1 aliphatic rings. The van der Waals surface area contributed by atoms with Crippen molar-refractivity contribution in [1.82, 2.24) is 4.90 Å². The number of imide groups is 1. The molecule has 1 aliphatic heterocycles. The van der Waals surface area contributed by atoms with Crippen molar-refractivity contribution < 1.29 is 29.4 Å². The average molecular weight is 281 g/mol. The molecule has 0 spiro atoms. The van der Waals surface area contributed by atoms with Gasteiger partial charge in [-0.05, 0) is 12.8 Å². The number of carboxylic acid groups (broad SMARTS) is 2. The maximum absolute atomic E-state index is 11.2. The first-order chi connectivity index (χ1) is 9.41. The molecule has 20 heavy (non-hydrogen) atoms. The monoisotopic (exact) mass is 281 g/mol. The molecule has 1 unspecified atom stereocenters. The summed E-state index contributed by atoms with van der Waals surface area (Å²) >= 11 is 0. The van der Waals surface area contributed by atoms with Crippen LogP contribution in [0.3, 0.4) is 0 Å². The number of nitrogens with zero attached hydrogens (tertiary/aromatic N) is 1. The van der Waals surface area contributed by atoms with Crippen molar-refractivity contribution in [1.29, 1.82) is 0 Å². The smallest absolute Gasteiger partial charge is 0.328 e. The zero-order chi connectivity index (χ0) is 15.1. The Labute approximate surface area is 115 Å². The lowest BCUT2D eigenvalue weighted by Crippen LogP contribution is -2.30. The van der Waals surface area contributed by atoms with E-state index in [9.17, 15) is 19.2 Å². The predicted octanol–water partition coefficient (Wildman–Crippen LogP) is 0.423. The molecule has 0 aliphatic carbocycles. The van der Waals surface area contributed by atoms with E-state index in [1.54, 1.807) is 0 Å². The fourth-order valence-corrected chi connectivity index (χ4v) is 1.79. The van der Waals surface area contributed by atoms with Crippen LogP contribution in [0.15, 0.2) is 24.3 Å². The molecule has 108 valence electrons. The van der Waals surface area contributed by atoms with Gasteiger partial charge in [-0.15, -0.1) is 0 Å². The Morgan fingerprint density at radius 3 is 2.25 bits per heavy atom. The van der Waals surface area contributed by atoms with E-state index >= 15 is 0 Å². The van der Waals surface area contributed by atoms with E-state index in [2.05, 4.69) is 0 Å². The lowest BCUT2D eigenvalue weighted by atomic mass is 10.0. The van der Waals surface area contributed by atoms with Crippen LogP contribution in [-0.4, -0.2) is 45.4 Å². The summed E-state index contributed by atoms with van der Waals surface area (Å²) in [5.74, 6) is -3.91. The van der Waals surface area contributed by atoms with Crippen molar-refractivity contribution in [3.63, 3.8) is 0 Å². The Kier molecular flexibility index (Phi) is 5.64. The minimum Gasteiger partial charge on any atom is -0.481 e. The lowest BCUT2D eigenvalue weighted by Gasteiger charge is -2.13. The van der Waals surface area contributed by atoms with Crippen LogP contribution in [0.25, 0.3) is 0 Å². The molecular weight excluding hydrogens is 266 g/mol. The number of carbonyl (C=O) groups excluding carboxylic acids is 2. The highest BCUT2D eigenvalue weighted by Crippen LogP contribution is 2.12. The van der Waals surface area contributed by atoms with Crippen molar-refractivity contribution in [3.05, 3.63) is 24.3 Å². The van der Waals surface area contributed by atoms with Gasteiger partial charge in [0.25, 0.3) is 11.8 Å². The van der Waals surface area contributed by atoms with Gasteiger partial charge in [-0.1, -0.05) is 12.5 Å². The van der Waals surface area contributed by atoms with Crippen LogP contribution in [0.1, 0.15) is 19.3 Å². The molecular formula is C13H15NO6. The van der Waals surface area contributed by atoms with Crippen LogP contribution in [0.4, 0.5) is 0 Å². The van der Waals surface area contributed by atoms with Crippen LogP contribution in [0.5, 0.6) is 0 Å². The third kappa shape index (κ3) is 4.68. The number of rotatable bonds is 8. The van der Waals surface area contributed by atoms with E-state index in [-0.39, 0.29) is 24.8 Å². The highest BCUT2D eigenvalue weighted by atomic mass is 16.4. The normalized spacial score (nSPS) is 16.1. The number of unbranched alkanes of at least 4 members (excludes halogenated alkanes) is 1. The van der Waals surface area contributed by atoms with E-state index in [0.29, 0.717) is 12.8 Å². The Hall–Kier alpha value is -2.44. The van der Waals surface area contributed by atoms with Crippen LogP contribution in [-0.2, 0) is 19.2 Å². The Morgan fingerprint density at radius 1 is 1.15 bits per heavy atom. The highest BCUT2D eigenvalue weighted by Gasteiger charge is 2.22. The molecule has 0 radical (unpaired) electrons. The Balaban J connectivity index is 2.34. The topological polar surface area (TPSA) is 112 Å². The predicted molar refractivity (Wildman–Crippen MR) is 67.6 cm³/mol. The molecule has 7 heteroatoms. The minimum atomic E-state index is -1.20. The second kappa shape index (κ2) is 7.22. The minimum absolute atomic E-state index is 0.236. The zero-order valence-corrected chi connectivity index (χ0v) is 10.7. The number of aliphatic carboxylic acids is 2. The van der Waals surface area contributed by atoms with Gasteiger partial charge in [0.05, 0.1) is 5.92 Å². The fraction of sp³-hybridized carbons (Fsp3) is 0.385. The fourth-order valence-electron chi connectivity index (χ4n) is 1.79. The molecule has 0 saturated carbocycles. The molecule has 0 saturated heterocycles. The number of hydrogen-bond acceptors (Lipinski definition) is 4. The SMILES string of the molecule is O=C(O)C=CC(CCCCN1C(=O)C=CC1=O)C(=O)O. The summed E-state index contributed by atoms with van der Waals surface area (Å²) < 4.78 is 0. The molecule has 0 aromatic rings. The zero-order valence-electron chi connectivity index (χ0n) is 10.7. The van der Waals surface area contributed by atoms with Gasteiger partial charge < -0.3 is 10.2 Å². The summed E-state index contributed by atoms with van der Waals surface area (Å²) in [6, 6.07) is 0. The van der Waals surface area contributed by atoms with E-state index in [1.807, 2.05) is 0 Å². The molecule has 2 N–H and O–H groups in total. The summed E-state index contributed by atoms with van der Waals surface area (Å²) in [6.45, 7) is 0.236. The van der Waals surface area contributed by atoms with Crippen molar-refractivity contribution in [2.45, 2.75) is 19.3 Å². The van der Waals surface area contributed by atoms with Crippen molar-refractivity contribution in [2.75, 3.05) is 6.54 Å². The lowest BCUT2D eigenvalue weighted by molar-refractivity contribution is -0.141. The maximum atomic E-state index is 11.2. The summed E-state index contributed by atoms with van der Waals surface area (Å²) in [5.41, 5.74) is 0. The summed E-state index contributed by atoms with van der Waals surface area (Å²) in [5, 5.41) is 17.4. The summed E-state index contributed by atoms with van der Waals surface area (Å²) in [7, 11) is 0.